The molecule has 0 aliphatic heterocycles. The molecule has 23 heavy (non-hydrogen) atoms. The summed E-state index contributed by atoms with van der Waals surface area (Å²) in [5.41, 5.74) is 6.82. The molecule has 1 aromatic heterocycles. The van der Waals surface area contributed by atoms with Crippen LogP contribution in [-0.2, 0) is 15.2 Å². The third-order valence-electron chi connectivity index (χ3n) is 4.61. The molecule has 1 unspecified atom stereocenters. The van der Waals surface area contributed by atoms with Crippen LogP contribution >= 0.6 is 24.8 Å². The van der Waals surface area contributed by atoms with Crippen LogP contribution in [0.4, 0.5) is 0 Å². The number of pyridine rings is 1. The predicted octanol–water partition coefficient (Wildman–Crippen LogP) is 5.35. The normalized spacial score (nSPS) is 17.3. The molecule has 0 saturated heterocycles. The number of hydrogen-bond acceptors (Lipinski definition) is 1. The molecule has 0 N–H and O–H groups in total. The van der Waals surface area contributed by atoms with Crippen molar-refractivity contribution in [1.82, 2.24) is 4.98 Å². The Hall–Kier alpha value is -0.778. The molecule has 1 nitrogen and oxygen atoms in total. The zero-order valence-corrected chi connectivity index (χ0v) is 17.0. The molecule has 124 valence electrons. The number of nitrogens with zero attached hydrogens (tertiary/aromatic N) is 1. The van der Waals surface area contributed by atoms with Gasteiger partial charge in [0.05, 0.1) is 0 Å². The van der Waals surface area contributed by atoms with Crippen LogP contribution in [0.5, 0.6) is 0 Å². The Morgan fingerprint density at radius 2 is 1.61 bits per heavy atom. The fourth-order valence-electron chi connectivity index (χ4n) is 2.91. The van der Waals surface area contributed by atoms with Crippen LogP contribution in [0.1, 0.15) is 33.4 Å². The maximum atomic E-state index is 4.79. The number of hydrogen-bond donors (Lipinski definition) is 0. The van der Waals surface area contributed by atoms with E-state index in [1.807, 2.05) is 0 Å². The average molecular weight is 388 g/mol. The van der Waals surface area contributed by atoms with Gasteiger partial charge in [-0.3, -0.25) is 0 Å². The Labute approximate surface area is 157 Å². The number of benzene rings is 1. The number of rotatable bonds is 2. The minimum absolute atomic E-state index is 0. The van der Waals surface area contributed by atoms with E-state index in [2.05, 4.69) is 65.0 Å². The molecule has 0 bridgehead atoms. The number of aromatic nitrogens is 1. The summed E-state index contributed by atoms with van der Waals surface area (Å²) >= 11 is 0.350. The summed E-state index contributed by atoms with van der Waals surface area (Å²) in [4.78, 5) is 4.79. The minimum atomic E-state index is 0. The van der Waals surface area contributed by atoms with Gasteiger partial charge in [-0.15, -0.1) is 24.8 Å². The first-order chi connectivity index (χ1) is 9.99. The third kappa shape index (κ3) is 3.67. The standard InChI is InChI=1S/C10H8N.C9H13.2ClH.Cr/c1-8-6-7-9-4-2-3-5-10(9)11-8;1-6-5-7(2)9(4)8(6)3;;;/h2-4,6-7H,1H3;6H,1-4H3;2*1H;. The minimum Gasteiger partial charge on any atom is -0.147 e. The summed E-state index contributed by atoms with van der Waals surface area (Å²) in [6, 6.07) is 10.9. The summed E-state index contributed by atoms with van der Waals surface area (Å²) in [5, 5.41) is 1.25. The van der Waals surface area contributed by atoms with E-state index in [-0.39, 0.29) is 24.8 Å². The van der Waals surface area contributed by atoms with Crippen LogP contribution in [0.25, 0.3) is 10.9 Å². The predicted molar refractivity (Wildman–Crippen MR) is 101 cm³/mol. The first kappa shape index (κ1) is 20.3. The molecule has 0 fully saturated rings. The van der Waals surface area contributed by atoms with Crippen molar-refractivity contribution < 1.29 is 15.2 Å². The van der Waals surface area contributed by atoms with Crippen LogP contribution in [0.2, 0.25) is 0 Å². The van der Waals surface area contributed by atoms with E-state index in [1.165, 1.54) is 32.0 Å². The number of halogens is 2. The Bertz CT molecular complexity index is 793. The van der Waals surface area contributed by atoms with Gasteiger partial charge in [-0.1, -0.05) is 0 Å². The number of para-hydroxylation sites is 1. The SMILES string of the molecule is CC1=C(C)C(C)[C]([Cr][c]2cccc3ccc(C)nc23)=C1C.Cl.Cl. The van der Waals surface area contributed by atoms with Gasteiger partial charge in [0.1, 0.15) is 0 Å². The van der Waals surface area contributed by atoms with E-state index in [0.717, 1.165) is 5.69 Å². The molecule has 1 aromatic carbocycles. The summed E-state index contributed by atoms with van der Waals surface area (Å²) in [6.45, 7) is 11.2. The fraction of sp³-hybridized carbons (Fsp3) is 0.316. The van der Waals surface area contributed by atoms with Crippen molar-refractivity contribution in [2.45, 2.75) is 34.6 Å². The van der Waals surface area contributed by atoms with Crippen LogP contribution in [-0.4, -0.2) is 4.98 Å². The molecule has 2 aromatic rings. The van der Waals surface area contributed by atoms with Crippen molar-refractivity contribution >= 4 is 40.1 Å². The van der Waals surface area contributed by atoms with Crippen molar-refractivity contribution in [3.05, 3.63) is 57.2 Å². The Balaban J connectivity index is 0.00000132. The second-order valence-corrected chi connectivity index (χ2v) is 7.59. The van der Waals surface area contributed by atoms with Gasteiger partial charge in [-0.05, 0) is 0 Å². The number of aryl methyl sites for hydroxylation is 1. The molecule has 1 aliphatic carbocycles. The second kappa shape index (κ2) is 7.86. The van der Waals surface area contributed by atoms with Crippen LogP contribution < -0.4 is 4.43 Å². The molecule has 4 heteroatoms. The first-order valence-corrected chi connectivity index (χ1v) is 8.69. The first-order valence-electron chi connectivity index (χ1n) is 7.41. The van der Waals surface area contributed by atoms with Gasteiger partial charge in [-0.25, -0.2) is 0 Å². The van der Waals surface area contributed by atoms with Gasteiger partial charge < -0.3 is 0 Å². The molecule has 1 aliphatic rings. The van der Waals surface area contributed by atoms with E-state index >= 15 is 0 Å². The fourth-order valence-corrected chi connectivity index (χ4v) is 4.95. The van der Waals surface area contributed by atoms with E-state index in [4.69, 9.17) is 4.98 Å². The van der Waals surface area contributed by atoms with E-state index in [1.54, 1.807) is 4.44 Å². The van der Waals surface area contributed by atoms with Crippen LogP contribution in [0.15, 0.2) is 51.5 Å². The summed E-state index contributed by atoms with van der Waals surface area (Å²) in [5.74, 6) is 0.588. The number of allylic oxidation sites excluding steroid dienone is 4. The molecular weight excluding hydrogens is 365 g/mol. The Morgan fingerprint density at radius 3 is 2.22 bits per heavy atom. The van der Waals surface area contributed by atoms with Gasteiger partial charge in [0.2, 0.25) is 0 Å². The maximum absolute atomic E-state index is 4.79. The molecular formula is C19H23Cl2CrN. The summed E-state index contributed by atoms with van der Waals surface area (Å²) in [7, 11) is 0. The summed E-state index contributed by atoms with van der Waals surface area (Å²) in [6.07, 6.45) is 0. The molecule has 0 radical (unpaired) electrons. The van der Waals surface area contributed by atoms with Gasteiger partial charge in [0.25, 0.3) is 0 Å². The molecule has 0 spiro atoms. The van der Waals surface area contributed by atoms with Crippen molar-refractivity contribution in [3.63, 3.8) is 0 Å². The van der Waals surface area contributed by atoms with Gasteiger partial charge in [0, 0.05) is 0 Å². The Morgan fingerprint density at radius 1 is 0.913 bits per heavy atom. The average Bonchev–Trinajstić information content (AvgIpc) is 2.65. The van der Waals surface area contributed by atoms with Gasteiger partial charge in [-0.2, -0.15) is 0 Å². The number of fused-ring (bicyclic) bond motifs is 1. The maximum Gasteiger partial charge on any atom is -0.147 e. The van der Waals surface area contributed by atoms with Crippen molar-refractivity contribution in [2.24, 2.45) is 5.92 Å². The zero-order valence-electron chi connectivity index (χ0n) is 14.1. The quantitative estimate of drug-likeness (QED) is 0.676. The van der Waals surface area contributed by atoms with E-state index < -0.39 is 0 Å². The van der Waals surface area contributed by atoms with Gasteiger partial charge in [0.15, 0.2) is 0 Å². The third-order valence-corrected chi connectivity index (χ3v) is 6.84. The second-order valence-electron chi connectivity index (χ2n) is 5.90. The van der Waals surface area contributed by atoms with Crippen LogP contribution in [0, 0.1) is 12.8 Å². The molecule has 3 rings (SSSR count). The molecule has 0 amide bonds. The van der Waals surface area contributed by atoms with Crippen molar-refractivity contribution in [3.8, 4) is 0 Å². The topological polar surface area (TPSA) is 12.9 Å². The Kier molecular flexibility index (Phi) is 6.93. The van der Waals surface area contributed by atoms with Crippen LogP contribution in [0.3, 0.4) is 0 Å². The van der Waals surface area contributed by atoms with E-state index in [0.29, 0.717) is 21.1 Å². The zero-order chi connectivity index (χ0) is 15.1. The largest absolute Gasteiger partial charge is 0.147 e. The monoisotopic (exact) mass is 387 g/mol. The molecule has 1 atom stereocenters. The smallest absolute Gasteiger partial charge is 0.147 e. The summed E-state index contributed by atoms with van der Waals surface area (Å²) < 4.78 is 3.03. The van der Waals surface area contributed by atoms with Gasteiger partial charge >= 0.3 is 133 Å². The molecule has 0 saturated carbocycles. The van der Waals surface area contributed by atoms with E-state index in [9.17, 15) is 0 Å². The van der Waals surface area contributed by atoms with Crippen molar-refractivity contribution in [2.75, 3.05) is 0 Å². The van der Waals surface area contributed by atoms with Crippen molar-refractivity contribution in [1.29, 1.82) is 0 Å². The molecule has 1 heterocycles.